The number of rotatable bonds is 10. The first-order valence-corrected chi connectivity index (χ1v) is 14.5. The van der Waals surface area contributed by atoms with E-state index in [2.05, 4.69) is 47.5 Å². The summed E-state index contributed by atoms with van der Waals surface area (Å²) in [6.07, 6.45) is 9.71. The molecule has 1 atom stereocenters. The van der Waals surface area contributed by atoms with Crippen molar-refractivity contribution in [3.8, 4) is 0 Å². The lowest BCUT2D eigenvalue weighted by Crippen LogP contribution is -2.45. The van der Waals surface area contributed by atoms with Crippen LogP contribution in [-0.2, 0) is 16.0 Å². The predicted octanol–water partition coefficient (Wildman–Crippen LogP) is 5.51. The Kier molecular flexibility index (Phi) is 9.78. The zero-order valence-electron chi connectivity index (χ0n) is 21.3. The molecule has 2 aliphatic heterocycles. The number of hydrogen-bond donors (Lipinski definition) is 0. The number of fused-ring (bicyclic) bond motifs is 1. The summed E-state index contributed by atoms with van der Waals surface area (Å²) in [5, 5.41) is 2.18. The summed E-state index contributed by atoms with van der Waals surface area (Å²) in [7, 11) is 0. The fourth-order valence-electron chi connectivity index (χ4n) is 5.47. The van der Waals surface area contributed by atoms with Gasteiger partial charge < -0.3 is 9.80 Å². The van der Waals surface area contributed by atoms with Crippen molar-refractivity contribution in [2.75, 3.05) is 39.3 Å². The molecule has 4 rings (SSSR count). The molecule has 0 saturated carbocycles. The maximum absolute atomic E-state index is 13.4. The van der Waals surface area contributed by atoms with E-state index in [0.717, 1.165) is 45.3 Å². The molecular weight excluding hydrogens is 454 g/mol. The van der Waals surface area contributed by atoms with E-state index < -0.39 is 0 Å². The van der Waals surface area contributed by atoms with Crippen LogP contribution in [0.5, 0.6) is 0 Å². The second-order valence-electron chi connectivity index (χ2n) is 9.97. The molecule has 0 N–H and O–H groups in total. The maximum atomic E-state index is 13.4. The Hall–Kier alpha value is -2.18. The quantitative estimate of drug-likeness (QED) is 0.409. The van der Waals surface area contributed by atoms with Crippen LogP contribution >= 0.6 is 11.3 Å². The van der Waals surface area contributed by atoms with Crippen molar-refractivity contribution >= 4 is 23.2 Å². The second-order valence-corrected chi connectivity index (χ2v) is 11.0. The van der Waals surface area contributed by atoms with E-state index in [9.17, 15) is 9.59 Å². The first kappa shape index (κ1) is 25.9. The summed E-state index contributed by atoms with van der Waals surface area (Å²) in [5.74, 6) is 0.454. The van der Waals surface area contributed by atoms with Crippen LogP contribution in [0, 0.1) is 0 Å². The van der Waals surface area contributed by atoms with E-state index in [1.54, 1.807) is 0 Å². The maximum Gasteiger partial charge on any atom is 0.236 e. The summed E-state index contributed by atoms with van der Waals surface area (Å²) in [5.41, 5.74) is 2.60. The molecule has 1 saturated heterocycles. The molecule has 1 fully saturated rings. The summed E-state index contributed by atoms with van der Waals surface area (Å²) in [6.45, 7) is 6.38. The molecule has 0 bridgehead atoms. The van der Waals surface area contributed by atoms with Crippen molar-refractivity contribution in [1.82, 2.24) is 14.7 Å². The number of nitrogens with zero attached hydrogens (tertiary/aromatic N) is 3. The molecule has 0 unspecified atom stereocenters. The molecule has 6 heteroatoms. The minimum absolute atomic E-state index is 0.137. The zero-order chi connectivity index (χ0) is 24.5. The van der Waals surface area contributed by atoms with Crippen LogP contribution in [0.2, 0.25) is 0 Å². The molecule has 35 heavy (non-hydrogen) atoms. The van der Waals surface area contributed by atoms with Crippen LogP contribution in [-0.4, -0.2) is 65.8 Å². The van der Waals surface area contributed by atoms with Gasteiger partial charge in [0.1, 0.15) is 0 Å². The standard InChI is InChI=1S/C29H41N3O2S/c1-2-3-4-5-6-10-14-27(33)30-17-11-18-31(21-20-30)28(34)23-32-19-15-26-25(16-22-35-26)29(32)24-12-8-7-9-13-24/h7-9,12-13,16,22,29H,2-6,10-11,14-15,17-21,23H2,1H3/t29-/m0/s1. The van der Waals surface area contributed by atoms with Gasteiger partial charge in [-0.15, -0.1) is 11.3 Å². The van der Waals surface area contributed by atoms with Crippen molar-refractivity contribution in [2.45, 2.75) is 70.8 Å². The van der Waals surface area contributed by atoms with Gasteiger partial charge in [-0.2, -0.15) is 0 Å². The molecule has 0 aliphatic carbocycles. The Morgan fingerprint density at radius 3 is 2.34 bits per heavy atom. The van der Waals surface area contributed by atoms with E-state index >= 15 is 0 Å². The highest BCUT2D eigenvalue weighted by Gasteiger charge is 2.32. The molecule has 2 aliphatic rings. The van der Waals surface area contributed by atoms with Gasteiger partial charge >= 0.3 is 0 Å². The number of hydrogen-bond acceptors (Lipinski definition) is 4. The van der Waals surface area contributed by atoms with Gasteiger partial charge in [-0.3, -0.25) is 14.5 Å². The Balaban J connectivity index is 1.30. The van der Waals surface area contributed by atoms with E-state index in [1.807, 2.05) is 27.2 Å². The molecule has 2 aromatic rings. The van der Waals surface area contributed by atoms with Crippen molar-refractivity contribution in [1.29, 1.82) is 0 Å². The van der Waals surface area contributed by atoms with E-state index in [1.165, 1.54) is 41.7 Å². The summed E-state index contributed by atoms with van der Waals surface area (Å²) < 4.78 is 0. The Bertz CT molecular complexity index is 944. The fourth-order valence-corrected chi connectivity index (χ4v) is 6.37. The SMILES string of the molecule is CCCCCCCCC(=O)N1CCCN(C(=O)CN2CCc3sccc3[C@@H]2c2ccccc2)CC1. The highest BCUT2D eigenvalue weighted by molar-refractivity contribution is 7.10. The summed E-state index contributed by atoms with van der Waals surface area (Å²) >= 11 is 1.83. The highest BCUT2D eigenvalue weighted by atomic mass is 32.1. The molecule has 1 aromatic heterocycles. The lowest BCUT2D eigenvalue weighted by Gasteiger charge is -2.37. The van der Waals surface area contributed by atoms with Crippen LogP contribution in [0.4, 0.5) is 0 Å². The van der Waals surface area contributed by atoms with Gasteiger partial charge in [0.05, 0.1) is 12.6 Å². The molecule has 2 amide bonds. The highest BCUT2D eigenvalue weighted by Crippen LogP contribution is 2.37. The molecule has 0 spiro atoms. The normalized spacial score (nSPS) is 18.8. The average Bonchev–Trinajstić information content (AvgIpc) is 3.21. The second kappa shape index (κ2) is 13.2. The Labute approximate surface area is 215 Å². The number of carbonyl (C=O) groups is 2. The molecule has 0 radical (unpaired) electrons. The summed E-state index contributed by atoms with van der Waals surface area (Å²) in [4.78, 5) is 33.9. The monoisotopic (exact) mass is 495 g/mol. The van der Waals surface area contributed by atoms with Crippen molar-refractivity contribution in [3.05, 3.63) is 57.8 Å². The Morgan fingerprint density at radius 1 is 0.857 bits per heavy atom. The van der Waals surface area contributed by atoms with Gasteiger partial charge in [-0.25, -0.2) is 0 Å². The third kappa shape index (κ3) is 6.95. The van der Waals surface area contributed by atoms with Gasteiger partial charge in [0.25, 0.3) is 0 Å². The van der Waals surface area contributed by atoms with Gasteiger partial charge in [0.2, 0.25) is 11.8 Å². The summed E-state index contributed by atoms with van der Waals surface area (Å²) in [6, 6.07) is 12.9. The predicted molar refractivity (Wildman–Crippen MR) is 144 cm³/mol. The molecule has 5 nitrogen and oxygen atoms in total. The number of benzene rings is 1. The van der Waals surface area contributed by atoms with Gasteiger partial charge in [-0.1, -0.05) is 69.4 Å². The number of amides is 2. The smallest absolute Gasteiger partial charge is 0.236 e. The van der Waals surface area contributed by atoms with E-state index in [-0.39, 0.29) is 17.9 Å². The third-order valence-corrected chi connectivity index (χ3v) is 8.46. The molecule has 190 valence electrons. The molecule has 1 aromatic carbocycles. The first-order chi connectivity index (χ1) is 17.2. The fraction of sp³-hybridized carbons (Fsp3) is 0.586. The van der Waals surface area contributed by atoms with Crippen LogP contribution in [0.1, 0.15) is 80.3 Å². The van der Waals surface area contributed by atoms with Crippen molar-refractivity contribution in [3.63, 3.8) is 0 Å². The van der Waals surface area contributed by atoms with Gasteiger partial charge in [0.15, 0.2) is 0 Å². The molecule has 3 heterocycles. The average molecular weight is 496 g/mol. The van der Waals surface area contributed by atoms with Crippen LogP contribution in [0.25, 0.3) is 0 Å². The van der Waals surface area contributed by atoms with Gasteiger partial charge in [0, 0.05) is 44.0 Å². The number of carbonyl (C=O) groups excluding carboxylic acids is 2. The Morgan fingerprint density at radius 2 is 1.57 bits per heavy atom. The van der Waals surface area contributed by atoms with Crippen LogP contribution < -0.4 is 0 Å². The zero-order valence-corrected chi connectivity index (χ0v) is 22.1. The van der Waals surface area contributed by atoms with Crippen LogP contribution in [0.15, 0.2) is 41.8 Å². The third-order valence-electron chi connectivity index (χ3n) is 7.46. The topological polar surface area (TPSA) is 43.9 Å². The van der Waals surface area contributed by atoms with Crippen LogP contribution in [0.3, 0.4) is 0 Å². The minimum atomic E-state index is 0.137. The largest absolute Gasteiger partial charge is 0.341 e. The number of unbranched alkanes of at least 4 members (excludes halogenated alkanes) is 5. The van der Waals surface area contributed by atoms with Crippen molar-refractivity contribution < 1.29 is 9.59 Å². The molecular formula is C29H41N3O2S. The number of thiophene rings is 1. The van der Waals surface area contributed by atoms with Crippen molar-refractivity contribution in [2.24, 2.45) is 0 Å². The van der Waals surface area contributed by atoms with E-state index in [0.29, 0.717) is 26.1 Å². The first-order valence-electron chi connectivity index (χ1n) is 13.6. The van der Waals surface area contributed by atoms with Gasteiger partial charge in [-0.05, 0) is 41.8 Å². The minimum Gasteiger partial charge on any atom is -0.341 e. The van der Waals surface area contributed by atoms with E-state index in [4.69, 9.17) is 0 Å². The lowest BCUT2D eigenvalue weighted by atomic mass is 9.93. The lowest BCUT2D eigenvalue weighted by molar-refractivity contribution is -0.134.